The number of benzene rings is 1. The Morgan fingerprint density at radius 2 is 2.15 bits per heavy atom. The van der Waals surface area contributed by atoms with Crippen LogP contribution < -0.4 is 10.5 Å². The number of halogens is 2. The van der Waals surface area contributed by atoms with E-state index in [4.69, 9.17) is 33.7 Å². The molecule has 0 fully saturated rings. The van der Waals surface area contributed by atoms with Crippen LogP contribution in [0.15, 0.2) is 34.8 Å². The molecule has 0 spiro atoms. The van der Waals surface area contributed by atoms with Crippen molar-refractivity contribution in [1.29, 1.82) is 0 Å². The Bertz CT molecular complexity index is 312. The summed E-state index contributed by atoms with van der Waals surface area (Å²) < 4.78 is 5.28. The summed E-state index contributed by atoms with van der Waals surface area (Å²) in [6.07, 6.45) is 0. The first-order valence-corrected chi connectivity index (χ1v) is 4.47. The monoisotopic (exact) mass is 217 g/mol. The lowest BCUT2D eigenvalue weighted by Crippen LogP contribution is -1.99. The van der Waals surface area contributed by atoms with Gasteiger partial charge in [0.1, 0.15) is 12.4 Å². The average Bonchev–Trinajstić information content (AvgIpc) is 2.16. The van der Waals surface area contributed by atoms with Crippen molar-refractivity contribution in [1.82, 2.24) is 0 Å². The van der Waals surface area contributed by atoms with Gasteiger partial charge in [-0.1, -0.05) is 35.3 Å². The molecule has 2 N–H and O–H groups in total. The van der Waals surface area contributed by atoms with Gasteiger partial charge in [0, 0.05) is 5.54 Å². The summed E-state index contributed by atoms with van der Waals surface area (Å²) in [5.74, 6) is 0.610. The van der Waals surface area contributed by atoms with Crippen LogP contribution in [0.3, 0.4) is 0 Å². The van der Waals surface area contributed by atoms with E-state index in [2.05, 4.69) is 0 Å². The van der Waals surface area contributed by atoms with E-state index in [1.54, 1.807) is 12.1 Å². The van der Waals surface area contributed by atoms with Crippen LogP contribution in [0, 0.1) is 0 Å². The lowest BCUT2D eigenvalue weighted by Gasteiger charge is -2.06. The number of ether oxygens (including phenoxy) is 1. The van der Waals surface area contributed by atoms with Gasteiger partial charge < -0.3 is 10.5 Å². The van der Waals surface area contributed by atoms with Crippen molar-refractivity contribution < 1.29 is 4.74 Å². The summed E-state index contributed by atoms with van der Waals surface area (Å²) in [7, 11) is 0. The van der Waals surface area contributed by atoms with Crippen LogP contribution in [0.4, 0.5) is 5.69 Å². The molecule has 0 unspecified atom stereocenters. The summed E-state index contributed by atoms with van der Waals surface area (Å²) >= 11 is 11.0. The predicted octanol–water partition coefficient (Wildman–Crippen LogP) is 2.97. The largest absolute Gasteiger partial charge is 0.486 e. The van der Waals surface area contributed by atoms with Gasteiger partial charge in [-0.15, -0.1) is 0 Å². The number of hydrogen-bond acceptors (Lipinski definition) is 2. The van der Waals surface area contributed by atoms with Crippen LogP contribution in [-0.4, -0.2) is 6.61 Å². The fourth-order valence-electron chi connectivity index (χ4n) is 0.790. The minimum absolute atomic E-state index is 0.235. The van der Waals surface area contributed by atoms with Crippen molar-refractivity contribution in [3.8, 4) is 5.75 Å². The van der Waals surface area contributed by atoms with Crippen LogP contribution in [0.25, 0.3) is 0 Å². The highest BCUT2D eigenvalue weighted by atomic mass is 35.5. The normalized spacial score (nSPS) is 11.4. The zero-order chi connectivity index (χ0) is 9.68. The van der Waals surface area contributed by atoms with Crippen molar-refractivity contribution in [2.24, 2.45) is 0 Å². The van der Waals surface area contributed by atoms with E-state index < -0.39 is 0 Å². The molecule has 0 aliphatic heterocycles. The summed E-state index contributed by atoms with van der Waals surface area (Å²) in [6.45, 7) is 0.235. The van der Waals surface area contributed by atoms with Crippen molar-refractivity contribution in [2.45, 2.75) is 0 Å². The number of nitrogen functional groups attached to an aromatic ring is 1. The standard InChI is InChI=1S/C9H9Cl2NO/c10-5-7(11)6-13-9-4-2-1-3-8(9)12/h1-5H,6,12H2. The molecule has 2 nitrogen and oxygen atoms in total. The van der Waals surface area contributed by atoms with Gasteiger partial charge in [0.2, 0.25) is 0 Å². The van der Waals surface area contributed by atoms with Gasteiger partial charge in [-0.2, -0.15) is 0 Å². The van der Waals surface area contributed by atoms with Gasteiger partial charge in [-0.05, 0) is 12.1 Å². The molecule has 0 radical (unpaired) electrons. The van der Waals surface area contributed by atoms with Crippen LogP contribution in [0.5, 0.6) is 5.75 Å². The van der Waals surface area contributed by atoms with Crippen molar-refractivity contribution in [2.75, 3.05) is 12.3 Å². The lowest BCUT2D eigenvalue weighted by molar-refractivity contribution is 0.361. The third-order valence-corrected chi connectivity index (χ3v) is 2.00. The van der Waals surface area contributed by atoms with Crippen molar-refractivity contribution in [3.63, 3.8) is 0 Å². The van der Waals surface area contributed by atoms with E-state index in [1.807, 2.05) is 12.1 Å². The Morgan fingerprint density at radius 3 is 2.77 bits per heavy atom. The maximum absolute atomic E-state index is 5.63. The molecule has 0 saturated carbocycles. The number of nitrogens with two attached hydrogens (primary N) is 1. The molecule has 0 atom stereocenters. The fraction of sp³-hybridized carbons (Fsp3) is 0.111. The molecule has 1 aromatic rings. The maximum atomic E-state index is 5.63. The van der Waals surface area contributed by atoms with Gasteiger partial charge >= 0.3 is 0 Å². The second kappa shape index (κ2) is 5.00. The van der Waals surface area contributed by atoms with Gasteiger partial charge in [0.15, 0.2) is 0 Å². The molecule has 0 saturated heterocycles. The second-order valence-electron chi connectivity index (χ2n) is 2.38. The molecule has 0 heterocycles. The molecule has 0 bridgehead atoms. The third-order valence-electron chi connectivity index (χ3n) is 1.40. The molecular weight excluding hydrogens is 209 g/mol. The molecule has 0 aliphatic rings. The van der Waals surface area contributed by atoms with Gasteiger partial charge in [-0.25, -0.2) is 0 Å². The highest BCUT2D eigenvalue weighted by Gasteiger charge is 1.98. The van der Waals surface area contributed by atoms with E-state index in [0.717, 1.165) is 0 Å². The SMILES string of the molecule is Nc1ccccc1OCC(Cl)=CCl. The third kappa shape index (κ3) is 3.17. The number of anilines is 1. The molecule has 1 rings (SSSR count). The molecule has 0 aromatic heterocycles. The molecule has 4 heteroatoms. The summed E-state index contributed by atoms with van der Waals surface area (Å²) in [5, 5.41) is 0.435. The van der Waals surface area contributed by atoms with Crippen molar-refractivity contribution in [3.05, 3.63) is 34.8 Å². The fourth-order valence-corrected chi connectivity index (χ4v) is 0.908. The van der Waals surface area contributed by atoms with E-state index in [9.17, 15) is 0 Å². The second-order valence-corrected chi connectivity index (χ2v) is 3.09. The first kappa shape index (κ1) is 10.2. The van der Waals surface area contributed by atoms with Gasteiger partial charge in [0.25, 0.3) is 0 Å². The van der Waals surface area contributed by atoms with E-state index in [-0.39, 0.29) is 6.61 Å². The smallest absolute Gasteiger partial charge is 0.142 e. The highest BCUT2D eigenvalue weighted by Crippen LogP contribution is 2.20. The first-order valence-electron chi connectivity index (χ1n) is 3.66. The molecule has 0 amide bonds. The predicted molar refractivity (Wildman–Crippen MR) is 56.1 cm³/mol. The van der Waals surface area contributed by atoms with Gasteiger partial charge in [0.05, 0.1) is 10.7 Å². The summed E-state index contributed by atoms with van der Waals surface area (Å²) in [6, 6.07) is 7.20. The average molecular weight is 218 g/mol. The Kier molecular flexibility index (Phi) is 3.93. The quantitative estimate of drug-likeness (QED) is 0.791. The zero-order valence-electron chi connectivity index (χ0n) is 6.84. The topological polar surface area (TPSA) is 35.2 Å². The van der Waals surface area contributed by atoms with Crippen LogP contribution in [0.2, 0.25) is 0 Å². The molecule has 13 heavy (non-hydrogen) atoms. The van der Waals surface area contributed by atoms with E-state index in [1.165, 1.54) is 5.54 Å². The summed E-state index contributed by atoms with van der Waals surface area (Å²) in [4.78, 5) is 0. The molecule has 70 valence electrons. The molecular formula is C9H9Cl2NO. The Labute approximate surface area is 86.9 Å². The molecule has 0 aliphatic carbocycles. The Morgan fingerprint density at radius 1 is 1.46 bits per heavy atom. The lowest BCUT2D eigenvalue weighted by atomic mass is 10.3. The van der Waals surface area contributed by atoms with E-state index in [0.29, 0.717) is 16.5 Å². The minimum Gasteiger partial charge on any atom is -0.486 e. The number of para-hydroxylation sites is 2. The highest BCUT2D eigenvalue weighted by molar-refractivity contribution is 6.36. The van der Waals surface area contributed by atoms with Gasteiger partial charge in [-0.3, -0.25) is 0 Å². The minimum atomic E-state index is 0.235. The van der Waals surface area contributed by atoms with Crippen LogP contribution in [-0.2, 0) is 0 Å². The number of rotatable bonds is 3. The van der Waals surface area contributed by atoms with Crippen LogP contribution in [0.1, 0.15) is 0 Å². The number of hydrogen-bond donors (Lipinski definition) is 1. The first-order chi connectivity index (χ1) is 6.24. The Balaban J connectivity index is 2.60. The van der Waals surface area contributed by atoms with Crippen LogP contribution >= 0.6 is 23.2 Å². The summed E-state index contributed by atoms with van der Waals surface area (Å²) in [5.41, 5.74) is 7.48. The zero-order valence-corrected chi connectivity index (χ0v) is 8.35. The molecule has 1 aromatic carbocycles. The van der Waals surface area contributed by atoms with Crippen molar-refractivity contribution >= 4 is 28.9 Å². The Hall–Kier alpha value is -0.860. The van der Waals surface area contributed by atoms with E-state index >= 15 is 0 Å². The maximum Gasteiger partial charge on any atom is 0.142 e.